The molecular formula is C8H13F2NO5. The maximum Gasteiger partial charge on any atom is 0.263 e. The van der Waals surface area contributed by atoms with Gasteiger partial charge in [0, 0.05) is 6.92 Å². The van der Waals surface area contributed by atoms with E-state index in [0.29, 0.717) is 0 Å². The molecule has 1 saturated heterocycles. The number of carbonyl (C=O) groups is 1. The third kappa shape index (κ3) is 2.29. The minimum atomic E-state index is -3.08. The van der Waals surface area contributed by atoms with E-state index in [-0.39, 0.29) is 0 Å². The molecule has 5 atom stereocenters. The summed E-state index contributed by atoms with van der Waals surface area (Å²) < 4.78 is 30.8. The minimum absolute atomic E-state index is 0.669. The van der Waals surface area contributed by atoms with Crippen LogP contribution in [0.2, 0.25) is 0 Å². The monoisotopic (exact) mass is 241 g/mol. The van der Waals surface area contributed by atoms with Crippen molar-refractivity contribution in [2.24, 2.45) is 0 Å². The van der Waals surface area contributed by atoms with Gasteiger partial charge >= 0.3 is 0 Å². The Hall–Kier alpha value is -0.830. The van der Waals surface area contributed by atoms with Gasteiger partial charge in [-0.25, -0.2) is 8.78 Å². The molecule has 1 aliphatic heterocycles. The van der Waals surface area contributed by atoms with Crippen molar-refractivity contribution in [2.75, 3.05) is 6.61 Å². The molecule has 94 valence electrons. The Bertz CT molecular complexity index is 279. The molecule has 1 rings (SSSR count). The van der Waals surface area contributed by atoms with Crippen LogP contribution < -0.4 is 5.32 Å². The van der Waals surface area contributed by atoms with Crippen LogP contribution in [0.3, 0.4) is 0 Å². The van der Waals surface area contributed by atoms with Crippen molar-refractivity contribution in [3.8, 4) is 0 Å². The lowest BCUT2D eigenvalue weighted by Gasteiger charge is -2.42. The minimum Gasteiger partial charge on any atom is -0.390 e. The van der Waals surface area contributed by atoms with E-state index >= 15 is 0 Å². The summed E-state index contributed by atoms with van der Waals surface area (Å²) in [5.41, 5.74) is 0. The van der Waals surface area contributed by atoms with E-state index in [0.717, 1.165) is 6.92 Å². The van der Waals surface area contributed by atoms with Gasteiger partial charge in [0.05, 0.1) is 0 Å². The summed E-state index contributed by atoms with van der Waals surface area (Å²) in [5, 5.41) is 29.2. The van der Waals surface area contributed by atoms with E-state index in [1.165, 1.54) is 0 Å². The van der Waals surface area contributed by atoms with Gasteiger partial charge in [0.1, 0.15) is 24.9 Å². The molecule has 8 heteroatoms. The van der Waals surface area contributed by atoms with E-state index in [1.807, 2.05) is 5.32 Å². The number of halogens is 2. The fraction of sp³-hybridized carbons (Fsp3) is 0.875. The van der Waals surface area contributed by atoms with Gasteiger partial charge in [-0.2, -0.15) is 0 Å². The first-order valence-corrected chi connectivity index (χ1v) is 4.56. The molecule has 1 fully saturated rings. The lowest BCUT2D eigenvalue weighted by Crippen LogP contribution is -2.67. The van der Waals surface area contributed by atoms with Crippen LogP contribution in [0, 0.1) is 0 Å². The number of alkyl halides is 2. The molecule has 0 saturated carbocycles. The molecule has 5 unspecified atom stereocenters. The second-order valence-corrected chi connectivity index (χ2v) is 3.58. The number of aliphatic hydroxyl groups excluding tert-OH is 3. The second-order valence-electron chi connectivity index (χ2n) is 3.58. The van der Waals surface area contributed by atoms with Crippen molar-refractivity contribution < 1.29 is 33.6 Å². The zero-order valence-electron chi connectivity index (χ0n) is 8.43. The fourth-order valence-electron chi connectivity index (χ4n) is 1.45. The molecule has 0 aromatic rings. The molecule has 16 heavy (non-hydrogen) atoms. The van der Waals surface area contributed by atoms with Gasteiger partial charge in [-0.1, -0.05) is 0 Å². The highest BCUT2D eigenvalue weighted by Gasteiger charge is 2.55. The summed E-state index contributed by atoms with van der Waals surface area (Å²) >= 11 is 0. The number of rotatable bonds is 2. The number of carbonyl (C=O) groups excluding carboxylic acids is 1. The maximum atomic E-state index is 13.5. The normalized spacial score (nSPS) is 44.1. The third-order valence-corrected chi connectivity index (χ3v) is 2.31. The predicted molar refractivity (Wildman–Crippen MR) is 46.5 cm³/mol. The average molecular weight is 241 g/mol. The van der Waals surface area contributed by atoms with Crippen LogP contribution in [0.4, 0.5) is 8.78 Å². The zero-order valence-corrected chi connectivity index (χ0v) is 8.43. The Morgan fingerprint density at radius 2 is 2.12 bits per heavy atom. The van der Waals surface area contributed by atoms with Crippen LogP contribution in [0.5, 0.6) is 0 Å². The van der Waals surface area contributed by atoms with Crippen molar-refractivity contribution in [3.63, 3.8) is 0 Å². The van der Waals surface area contributed by atoms with E-state index in [4.69, 9.17) is 5.11 Å². The van der Waals surface area contributed by atoms with Crippen LogP contribution in [-0.2, 0) is 9.53 Å². The summed E-state index contributed by atoms with van der Waals surface area (Å²) in [7, 11) is 0. The van der Waals surface area contributed by atoms with Gasteiger partial charge in [0.25, 0.3) is 5.85 Å². The van der Waals surface area contributed by atoms with E-state index < -0.39 is 43.0 Å². The van der Waals surface area contributed by atoms with Crippen molar-refractivity contribution in [1.29, 1.82) is 0 Å². The van der Waals surface area contributed by atoms with Crippen molar-refractivity contribution >= 4 is 5.91 Å². The summed E-state index contributed by atoms with van der Waals surface area (Å²) in [6.07, 6.45) is -6.43. The Morgan fingerprint density at radius 3 is 2.56 bits per heavy atom. The molecule has 1 aliphatic rings. The number of amides is 1. The summed E-state index contributed by atoms with van der Waals surface area (Å²) in [4.78, 5) is 10.7. The molecule has 0 aliphatic carbocycles. The molecule has 1 heterocycles. The highest BCUT2D eigenvalue weighted by Crippen LogP contribution is 2.31. The zero-order chi connectivity index (χ0) is 12.5. The topological polar surface area (TPSA) is 99.0 Å². The lowest BCUT2D eigenvalue weighted by molar-refractivity contribution is -0.329. The highest BCUT2D eigenvalue weighted by molar-refractivity contribution is 5.73. The van der Waals surface area contributed by atoms with Crippen LogP contribution in [0.15, 0.2) is 0 Å². The quantitative estimate of drug-likeness (QED) is 0.457. The van der Waals surface area contributed by atoms with E-state index in [1.54, 1.807) is 0 Å². The van der Waals surface area contributed by atoms with Crippen LogP contribution in [0.25, 0.3) is 0 Å². The molecule has 0 spiro atoms. The molecule has 6 nitrogen and oxygen atoms in total. The molecule has 0 aromatic carbocycles. The van der Waals surface area contributed by atoms with Crippen LogP contribution in [0.1, 0.15) is 6.92 Å². The lowest BCUT2D eigenvalue weighted by atomic mass is 9.96. The Morgan fingerprint density at radius 1 is 1.56 bits per heavy atom. The first-order valence-electron chi connectivity index (χ1n) is 4.56. The standard InChI is InChI=1S/C8H13F2NO5/c1-3(13)11-4-5(14)6(15)8(10,2-12)16-7(4)9/h4-7,12,14-15H,2H2,1H3,(H,11,13). The second kappa shape index (κ2) is 4.58. The molecule has 0 bridgehead atoms. The number of nitrogens with one attached hydrogen (secondary N) is 1. The van der Waals surface area contributed by atoms with Gasteiger partial charge in [-0.05, 0) is 0 Å². The van der Waals surface area contributed by atoms with Crippen molar-refractivity contribution in [3.05, 3.63) is 0 Å². The first-order chi connectivity index (χ1) is 7.31. The summed E-state index contributed by atoms with van der Waals surface area (Å²) in [6.45, 7) is -0.242. The first kappa shape index (κ1) is 13.2. The Kier molecular flexibility index (Phi) is 3.79. The smallest absolute Gasteiger partial charge is 0.263 e. The van der Waals surface area contributed by atoms with Crippen molar-refractivity contribution in [2.45, 2.75) is 37.4 Å². The third-order valence-electron chi connectivity index (χ3n) is 2.31. The Labute approximate surface area is 89.8 Å². The Balaban J connectivity index is 2.83. The molecule has 1 amide bonds. The largest absolute Gasteiger partial charge is 0.390 e. The fourth-order valence-corrected chi connectivity index (χ4v) is 1.45. The van der Waals surface area contributed by atoms with Gasteiger partial charge in [0.15, 0.2) is 0 Å². The predicted octanol–water partition coefficient (Wildman–Crippen LogP) is -1.80. The average Bonchev–Trinajstić information content (AvgIpc) is 2.21. The molecular weight excluding hydrogens is 228 g/mol. The van der Waals surface area contributed by atoms with Gasteiger partial charge < -0.3 is 25.4 Å². The SMILES string of the molecule is CC(=O)NC1C(F)OC(F)(CO)C(O)C1O. The van der Waals surface area contributed by atoms with Crippen molar-refractivity contribution in [1.82, 2.24) is 5.32 Å². The van der Waals surface area contributed by atoms with E-state index in [2.05, 4.69) is 4.74 Å². The van der Waals surface area contributed by atoms with Gasteiger partial charge in [-0.3, -0.25) is 4.79 Å². The number of aliphatic hydroxyl groups is 3. The summed E-state index contributed by atoms with van der Waals surface area (Å²) in [6, 6.07) is -1.58. The molecule has 0 aromatic heterocycles. The van der Waals surface area contributed by atoms with Crippen LogP contribution in [-0.4, -0.2) is 58.3 Å². The maximum absolute atomic E-state index is 13.5. The summed E-state index contributed by atoms with van der Waals surface area (Å²) in [5.74, 6) is -3.74. The van der Waals surface area contributed by atoms with Crippen LogP contribution >= 0.6 is 0 Å². The molecule has 0 radical (unpaired) electrons. The van der Waals surface area contributed by atoms with Gasteiger partial charge in [0.2, 0.25) is 12.3 Å². The number of hydrogen-bond acceptors (Lipinski definition) is 5. The highest BCUT2D eigenvalue weighted by atomic mass is 19.2. The number of hydrogen-bond donors (Lipinski definition) is 4. The van der Waals surface area contributed by atoms with E-state index in [9.17, 15) is 23.8 Å². The number of ether oxygens (including phenoxy) is 1. The van der Waals surface area contributed by atoms with Gasteiger partial charge in [-0.15, -0.1) is 0 Å². The molecule has 4 N–H and O–H groups in total.